The van der Waals surface area contributed by atoms with Crippen LogP contribution in [0.15, 0.2) is 0 Å². The lowest BCUT2D eigenvalue weighted by Gasteiger charge is -2.30. The van der Waals surface area contributed by atoms with Crippen LogP contribution in [0, 0.1) is 5.92 Å². The van der Waals surface area contributed by atoms with Gasteiger partial charge in [-0.25, -0.2) is 4.79 Å². The van der Waals surface area contributed by atoms with E-state index in [9.17, 15) is 9.59 Å². The summed E-state index contributed by atoms with van der Waals surface area (Å²) in [6, 6.07) is -0.575. The highest BCUT2D eigenvalue weighted by molar-refractivity contribution is 5.90. The van der Waals surface area contributed by atoms with Crippen LogP contribution in [0.1, 0.15) is 46.5 Å². The fourth-order valence-corrected chi connectivity index (χ4v) is 2.66. The zero-order chi connectivity index (χ0) is 14.5. The fourth-order valence-electron chi connectivity index (χ4n) is 2.66. The van der Waals surface area contributed by atoms with Crippen LogP contribution in [-0.4, -0.2) is 37.1 Å². The topological polar surface area (TPSA) is 67.4 Å². The second kappa shape index (κ2) is 6.89. The Morgan fingerprint density at radius 3 is 2.53 bits per heavy atom. The quantitative estimate of drug-likeness (QED) is 0.712. The predicted molar refractivity (Wildman–Crippen MR) is 73.7 cm³/mol. The number of rotatable bonds is 6. The summed E-state index contributed by atoms with van der Waals surface area (Å²) in [5.41, 5.74) is -0.504. The van der Waals surface area contributed by atoms with Crippen LogP contribution in [0.5, 0.6) is 0 Å². The molecule has 1 fully saturated rings. The molecule has 1 amide bonds. The van der Waals surface area contributed by atoms with Gasteiger partial charge in [-0.1, -0.05) is 27.2 Å². The molecule has 1 rings (SSSR count). The normalized spacial score (nSPS) is 24.3. The number of ether oxygens (including phenoxy) is 1. The highest BCUT2D eigenvalue weighted by Crippen LogP contribution is 2.25. The molecule has 1 heterocycles. The Morgan fingerprint density at radius 2 is 2.11 bits per heavy atom. The predicted octanol–water partition coefficient (Wildman–Crippen LogP) is 1.22. The first-order chi connectivity index (χ1) is 8.96. The maximum atomic E-state index is 12.5. The Bertz CT molecular complexity index is 323. The Morgan fingerprint density at radius 1 is 1.42 bits per heavy atom. The minimum Gasteiger partial charge on any atom is -0.467 e. The third-order valence-corrected chi connectivity index (χ3v) is 3.76. The van der Waals surface area contributed by atoms with Crippen LogP contribution in [0.4, 0.5) is 0 Å². The number of hydrogen-bond donors (Lipinski definition) is 2. The maximum Gasteiger partial charge on any atom is 0.328 e. The van der Waals surface area contributed by atoms with Gasteiger partial charge in [-0.3, -0.25) is 4.79 Å². The van der Waals surface area contributed by atoms with Gasteiger partial charge in [-0.05, 0) is 31.7 Å². The zero-order valence-corrected chi connectivity index (χ0v) is 12.4. The van der Waals surface area contributed by atoms with Gasteiger partial charge in [0.1, 0.15) is 6.04 Å². The first-order valence-electron chi connectivity index (χ1n) is 7.10. The van der Waals surface area contributed by atoms with E-state index in [-0.39, 0.29) is 17.8 Å². The van der Waals surface area contributed by atoms with E-state index in [0.29, 0.717) is 0 Å². The van der Waals surface area contributed by atoms with Crippen molar-refractivity contribution < 1.29 is 14.3 Å². The monoisotopic (exact) mass is 270 g/mol. The average molecular weight is 270 g/mol. The van der Waals surface area contributed by atoms with Crippen molar-refractivity contribution in [3.05, 3.63) is 0 Å². The smallest absolute Gasteiger partial charge is 0.328 e. The summed E-state index contributed by atoms with van der Waals surface area (Å²) in [6.45, 7) is 6.72. The van der Waals surface area contributed by atoms with Gasteiger partial charge in [-0.2, -0.15) is 0 Å². The van der Waals surface area contributed by atoms with E-state index in [1.54, 1.807) is 0 Å². The lowest BCUT2D eigenvalue weighted by atomic mass is 9.90. The molecule has 0 spiro atoms. The van der Waals surface area contributed by atoms with E-state index in [0.717, 1.165) is 32.2 Å². The Labute approximate surface area is 115 Å². The molecule has 0 aliphatic carbocycles. The lowest BCUT2D eigenvalue weighted by molar-refractivity contribution is -0.147. The van der Waals surface area contributed by atoms with Gasteiger partial charge in [0, 0.05) is 0 Å². The van der Waals surface area contributed by atoms with Gasteiger partial charge < -0.3 is 15.4 Å². The summed E-state index contributed by atoms with van der Waals surface area (Å²) in [7, 11) is 1.35. The third-order valence-electron chi connectivity index (χ3n) is 3.76. The fraction of sp³-hybridized carbons (Fsp3) is 0.857. The highest BCUT2D eigenvalue weighted by atomic mass is 16.5. The first-order valence-corrected chi connectivity index (χ1v) is 7.10. The Hall–Kier alpha value is -1.10. The van der Waals surface area contributed by atoms with Crippen molar-refractivity contribution in [3.8, 4) is 0 Å². The van der Waals surface area contributed by atoms with Crippen LogP contribution in [-0.2, 0) is 14.3 Å². The van der Waals surface area contributed by atoms with Crippen LogP contribution in [0.3, 0.4) is 0 Å². The molecular formula is C14H26N2O3. The molecule has 2 N–H and O–H groups in total. The summed E-state index contributed by atoms with van der Waals surface area (Å²) in [5, 5.41) is 6.17. The van der Waals surface area contributed by atoms with Crippen molar-refractivity contribution in [1.29, 1.82) is 0 Å². The summed E-state index contributed by atoms with van der Waals surface area (Å²) < 4.78 is 4.76. The number of nitrogens with one attached hydrogen (secondary N) is 2. The van der Waals surface area contributed by atoms with Gasteiger partial charge in [0.25, 0.3) is 0 Å². The number of methoxy groups -OCH3 is 1. The standard InChI is InChI=1S/C14H26N2O3/c1-5-7-14(8-6-9-15-14)13(18)16-11(10(2)3)12(17)19-4/h10-11,15H,5-9H2,1-4H3,(H,16,18). The zero-order valence-electron chi connectivity index (χ0n) is 12.4. The molecule has 0 bridgehead atoms. The van der Waals surface area contributed by atoms with Crippen molar-refractivity contribution in [2.45, 2.75) is 58.0 Å². The van der Waals surface area contributed by atoms with E-state index in [2.05, 4.69) is 17.6 Å². The summed E-state index contributed by atoms with van der Waals surface area (Å²) in [6.07, 6.45) is 3.56. The lowest BCUT2D eigenvalue weighted by Crippen LogP contribution is -2.58. The first kappa shape index (κ1) is 16.0. The molecule has 0 saturated carbocycles. The van der Waals surface area contributed by atoms with E-state index < -0.39 is 11.6 Å². The molecule has 2 atom stereocenters. The minimum absolute atomic E-state index is 0.0106. The van der Waals surface area contributed by atoms with Crippen molar-refractivity contribution >= 4 is 11.9 Å². The number of amides is 1. The number of esters is 1. The average Bonchev–Trinajstić information content (AvgIpc) is 2.84. The molecule has 0 aromatic rings. The van der Waals surface area contributed by atoms with Crippen LogP contribution >= 0.6 is 0 Å². The molecule has 1 aliphatic rings. The molecule has 1 saturated heterocycles. The van der Waals surface area contributed by atoms with Gasteiger partial charge >= 0.3 is 5.97 Å². The molecule has 19 heavy (non-hydrogen) atoms. The summed E-state index contributed by atoms with van der Waals surface area (Å²) in [4.78, 5) is 24.2. The Kier molecular flexibility index (Phi) is 5.79. The van der Waals surface area contributed by atoms with Gasteiger partial charge in [0.15, 0.2) is 0 Å². The molecule has 110 valence electrons. The molecular weight excluding hydrogens is 244 g/mol. The molecule has 1 aliphatic heterocycles. The van der Waals surface area contributed by atoms with Gasteiger partial charge in [0.2, 0.25) is 5.91 Å². The largest absolute Gasteiger partial charge is 0.467 e. The van der Waals surface area contributed by atoms with Crippen LogP contribution in [0.2, 0.25) is 0 Å². The highest BCUT2D eigenvalue weighted by Gasteiger charge is 2.41. The van der Waals surface area contributed by atoms with Crippen LogP contribution in [0.25, 0.3) is 0 Å². The second-order valence-corrected chi connectivity index (χ2v) is 5.58. The van der Waals surface area contributed by atoms with E-state index in [4.69, 9.17) is 4.74 Å². The number of carbonyl (C=O) groups excluding carboxylic acids is 2. The molecule has 0 radical (unpaired) electrons. The van der Waals surface area contributed by atoms with Crippen molar-refractivity contribution in [2.75, 3.05) is 13.7 Å². The number of carbonyl (C=O) groups is 2. The van der Waals surface area contributed by atoms with Crippen LogP contribution < -0.4 is 10.6 Å². The second-order valence-electron chi connectivity index (χ2n) is 5.58. The SMILES string of the molecule is CCCC1(C(=O)NC(C(=O)OC)C(C)C)CCCN1. The number of hydrogen-bond acceptors (Lipinski definition) is 4. The third kappa shape index (κ3) is 3.69. The van der Waals surface area contributed by atoms with Gasteiger partial charge in [-0.15, -0.1) is 0 Å². The molecule has 2 unspecified atom stereocenters. The molecule has 5 nitrogen and oxygen atoms in total. The summed E-state index contributed by atoms with van der Waals surface area (Å²) in [5.74, 6) is -0.444. The van der Waals surface area contributed by atoms with E-state index in [1.165, 1.54) is 7.11 Å². The Balaban J connectivity index is 2.77. The maximum absolute atomic E-state index is 12.5. The van der Waals surface area contributed by atoms with Crippen molar-refractivity contribution in [2.24, 2.45) is 5.92 Å². The van der Waals surface area contributed by atoms with E-state index in [1.807, 2.05) is 13.8 Å². The molecule has 0 aromatic carbocycles. The van der Waals surface area contributed by atoms with E-state index >= 15 is 0 Å². The van der Waals surface area contributed by atoms with Gasteiger partial charge in [0.05, 0.1) is 12.6 Å². The minimum atomic E-state index is -0.575. The summed E-state index contributed by atoms with van der Waals surface area (Å²) >= 11 is 0. The molecule has 5 heteroatoms. The van der Waals surface area contributed by atoms with Crippen molar-refractivity contribution in [3.63, 3.8) is 0 Å². The van der Waals surface area contributed by atoms with Crippen molar-refractivity contribution in [1.82, 2.24) is 10.6 Å². The molecule has 0 aromatic heterocycles.